The molecule has 0 aromatic heterocycles. The van der Waals surface area contributed by atoms with Crippen LogP contribution in [-0.2, 0) is 4.79 Å². The Labute approximate surface area is 118 Å². The number of carbonyl (C=O) groups excluding carboxylic acids is 1. The lowest BCUT2D eigenvalue weighted by Gasteiger charge is -2.07. The van der Waals surface area contributed by atoms with Crippen LogP contribution in [0, 0.1) is 0 Å². The predicted octanol–water partition coefficient (Wildman–Crippen LogP) is 1.69. The molecule has 0 radical (unpaired) electrons. The number of hydrogen-bond acceptors (Lipinski definition) is 4. The number of benzene rings is 1. The highest BCUT2D eigenvalue weighted by atomic mass is 32.2. The second-order valence-corrected chi connectivity index (χ2v) is 5.18. The Morgan fingerprint density at radius 3 is 2.79 bits per heavy atom. The predicted molar refractivity (Wildman–Crippen MR) is 78.6 cm³/mol. The van der Waals surface area contributed by atoms with Crippen LogP contribution in [0.2, 0.25) is 0 Å². The van der Waals surface area contributed by atoms with E-state index in [0.29, 0.717) is 19.6 Å². The smallest absolute Gasteiger partial charge is 0.223 e. The van der Waals surface area contributed by atoms with Crippen LogP contribution in [0.4, 0.5) is 0 Å². The molecule has 0 aliphatic carbocycles. The van der Waals surface area contributed by atoms with Gasteiger partial charge in [0.25, 0.3) is 0 Å². The van der Waals surface area contributed by atoms with Gasteiger partial charge in [-0.05, 0) is 24.3 Å². The molecule has 2 N–H and O–H groups in total. The van der Waals surface area contributed by atoms with Crippen LogP contribution < -0.4 is 10.1 Å². The van der Waals surface area contributed by atoms with E-state index in [9.17, 15) is 4.79 Å². The summed E-state index contributed by atoms with van der Waals surface area (Å²) in [4.78, 5) is 11.5. The van der Waals surface area contributed by atoms with Gasteiger partial charge in [0.15, 0.2) is 0 Å². The van der Waals surface area contributed by atoms with Gasteiger partial charge < -0.3 is 15.2 Å². The second kappa shape index (κ2) is 10.7. The summed E-state index contributed by atoms with van der Waals surface area (Å²) < 4.78 is 5.44. The van der Waals surface area contributed by atoms with E-state index in [4.69, 9.17) is 9.84 Å². The topological polar surface area (TPSA) is 58.6 Å². The Hall–Kier alpha value is -1.20. The minimum Gasteiger partial charge on any atom is -0.493 e. The Kier molecular flexibility index (Phi) is 8.93. The summed E-state index contributed by atoms with van der Waals surface area (Å²) in [6.07, 6.45) is 1.18. The van der Waals surface area contributed by atoms with Crippen molar-refractivity contribution in [1.29, 1.82) is 0 Å². The third-order valence-corrected chi connectivity index (χ3v) is 3.43. The van der Waals surface area contributed by atoms with Crippen molar-refractivity contribution in [1.82, 2.24) is 5.32 Å². The molecule has 0 unspecified atom stereocenters. The molecule has 0 aliphatic heterocycles. The average Bonchev–Trinajstić information content (AvgIpc) is 2.44. The Morgan fingerprint density at radius 2 is 2.05 bits per heavy atom. The summed E-state index contributed by atoms with van der Waals surface area (Å²) in [6.45, 7) is 1.30. The molecule has 1 rings (SSSR count). The molecule has 1 aromatic rings. The first-order chi connectivity index (χ1) is 9.33. The largest absolute Gasteiger partial charge is 0.493 e. The lowest BCUT2D eigenvalue weighted by molar-refractivity contribution is -0.121. The maximum absolute atomic E-state index is 11.5. The average molecular weight is 283 g/mol. The normalized spacial score (nSPS) is 10.2. The molecule has 0 saturated heterocycles. The molecule has 0 aliphatic rings. The maximum Gasteiger partial charge on any atom is 0.223 e. The number of nitrogens with one attached hydrogen (secondary N) is 1. The van der Waals surface area contributed by atoms with Gasteiger partial charge in [0, 0.05) is 18.9 Å². The Morgan fingerprint density at radius 1 is 1.26 bits per heavy atom. The number of rotatable bonds is 10. The second-order valence-electron chi connectivity index (χ2n) is 3.95. The third kappa shape index (κ3) is 8.51. The molecule has 106 valence electrons. The van der Waals surface area contributed by atoms with Crippen LogP contribution in [0.25, 0.3) is 0 Å². The molecule has 0 heterocycles. The molecule has 0 fully saturated rings. The molecule has 0 spiro atoms. The monoisotopic (exact) mass is 283 g/mol. The van der Waals surface area contributed by atoms with Crippen molar-refractivity contribution in [3.63, 3.8) is 0 Å². The van der Waals surface area contributed by atoms with Crippen molar-refractivity contribution in [2.75, 3.05) is 31.3 Å². The fraction of sp³-hybridized carbons (Fsp3) is 0.500. The van der Waals surface area contributed by atoms with Gasteiger partial charge in [-0.3, -0.25) is 4.79 Å². The van der Waals surface area contributed by atoms with Crippen molar-refractivity contribution in [3.05, 3.63) is 30.3 Å². The molecular formula is C14H21NO3S. The number of aliphatic hydroxyl groups excluding tert-OH is 1. The molecule has 19 heavy (non-hydrogen) atoms. The van der Waals surface area contributed by atoms with E-state index >= 15 is 0 Å². The number of hydrogen-bond donors (Lipinski definition) is 2. The molecule has 0 bridgehead atoms. The van der Waals surface area contributed by atoms with Gasteiger partial charge in [0.1, 0.15) is 5.75 Å². The molecule has 4 nitrogen and oxygen atoms in total. The van der Waals surface area contributed by atoms with Gasteiger partial charge in [-0.15, -0.1) is 0 Å². The zero-order chi connectivity index (χ0) is 13.8. The van der Waals surface area contributed by atoms with Crippen molar-refractivity contribution < 1.29 is 14.6 Å². The first-order valence-electron chi connectivity index (χ1n) is 6.46. The fourth-order valence-electron chi connectivity index (χ4n) is 1.40. The van der Waals surface area contributed by atoms with E-state index in [1.54, 1.807) is 11.8 Å². The summed E-state index contributed by atoms with van der Waals surface area (Å²) >= 11 is 1.73. The van der Waals surface area contributed by atoms with Gasteiger partial charge in [-0.2, -0.15) is 11.8 Å². The van der Waals surface area contributed by atoms with Crippen LogP contribution in [0.15, 0.2) is 30.3 Å². The van der Waals surface area contributed by atoms with Crippen LogP contribution >= 0.6 is 11.8 Å². The van der Waals surface area contributed by atoms with Gasteiger partial charge in [0.05, 0.1) is 13.0 Å². The van der Waals surface area contributed by atoms with Crippen LogP contribution in [0.1, 0.15) is 12.8 Å². The number of amides is 1. The number of carbonyl (C=O) groups is 1. The highest BCUT2D eigenvalue weighted by molar-refractivity contribution is 7.99. The highest BCUT2D eigenvalue weighted by Crippen LogP contribution is 2.08. The van der Waals surface area contributed by atoms with E-state index in [-0.39, 0.29) is 12.5 Å². The molecule has 1 amide bonds. The first kappa shape index (κ1) is 15.9. The molecule has 1 aromatic carbocycles. The standard InChI is InChI=1S/C14H21NO3S/c16-9-4-11-19-12-8-15-14(17)7-10-18-13-5-2-1-3-6-13/h1-3,5-6,16H,4,7-12H2,(H,15,17). The van der Waals surface area contributed by atoms with Crippen molar-refractivity contribution >= 4 is 17.7 Å². The lowest BCUT2D eigenvalue weighted by Crippen LogP contribution is -2.27. The van der Waals surface area contributed by atoms with Gasteiger partial charge >= 0.3 is 0 Å². The van der Waals surface area contributed by atoms with E-state index in [1.807, 2.05) is 30.3 Å². The van der Waals surface area contributed by atoms with E-state index in [2.05, 4.69) is 5.32 Å². The summed E-state index contributed by atoms with van der Waals surface area (Å²) in [7, 11) is 0. The Bertz CT molecular complexity index is 346. The van der Waals surface area contributed by atoms with Gasteiger partial charge in [0.2, 0.25) is 5.91 Å². The SMILES string of the molecule is O=C(CCOc1ccccc1)NCCSCCCO. The quantitative estimate of drug-likeness (QED) is 0.642. The zero-order valence-corrected chi connectivity index (χ0v) is 11.8. The van der Waals surface area contributed by atoms with Crippen LogP contribution in [0.5, 0.6) is 5.75 Å². The third-order valence-electron chi connectivity index (χ3n) is 2.36. The summed E-state index contributed by atoms with van der Waals surface area (Å²) in [5.41, 5.74) is 0. The first-order valence-corrected chi connectivity index (χ1v) is 7.61. The van der Waals surface area contributed by atoms with Crippen molar-refractivity contribution in [3.8, 4) is 5.75 Å². The van der Waals surface area contributed by atoms with E-state index in [0.717, 1.165) is 23.7 Å². The summed E-state index contributed by atoms with van der Waals surface area (Å²) in [5, 5.41) is 11.4. The lowest BCUT2D eigenvalue weighted by atomic mass is 10.3. The van der Waals surface area contributed by atoms with E-state index in [1.165, 1.54) is 0 Å². The van der Waals surface area contributed by atoms with Crippen LogP contribution in [-0.4, -0.2) is 42.3 Å². The van der Waals surface area contributed by atoms with Crippen molar-refractivity contribution in [2.24, 2.45) is 0 Å². The number of aliphatic hydroxyl groups is 1. The van der Waals surface area contributed by atoms with Crippen molar-refractivity contribution in [2.45, 2.75) is 12.8 Å². The molecule has 5 heteroatoms. The minimum absolute atomic E-state index is 0.0127. The Balaban J connectivity index is 1.96. The van der Waals surface area contributed by atoms with Crippen LogP contribution in [0.3, 0.4) is 0 Å². The summed E-state index contributed by atoms with van der Waals surface area (Å²) in [6, 6.07) is 9.47. The molecular weight excluding hydrogens is 262 g/mol. The minimum atomic E-state index is 0.0127. The summed E-state index contributed by atoms with van der Waals surface area (Å²) in [5.74, 6) is 2.61. The number of para-hydroxylation sites is 1. The number of thioether (sulfide) groups is 1. The van der Waals surface area contributed by atoms with Gasteiger partial charge in [-0.25, -0.2) is 0 Å². The molecule has 0 saturated carbocycles. The molecule has 0 atom stereocenters. The zero-order valence-electron chi connectivity index (χ0n) is 11.0. The highest BCUT2D eigenvalue weighted by Gasteiger charge is 2.01. The fourth-order valence-corrected chi connectivity index (χ4v) is 2.18. The van der Waals surface area contributed by atoms with Gasteiger partial charge in [-0.1, -0.05) is 18.2 Å². The van der Waals surface area contributed by atoms with E-state index < -0.39 is 0 Å². The number of ether oxygens (including phenoxy) is 1. The maximum atomic E-state index is 11.5.